The molecule has 1 aliphatic rings. The smallest absolute Gasteiger partial charge is 0.291 e. The van der Waals surface area contributed by atoms with Crippen molar-refractivity contribution in [1.29, 1.82) is 0 Å². The molecule has 3 aromatic rings. The molecule has 1 atom stereocenters. The molecule has 0 aromatic carbocycles. The minimum Gasteiger partial charge on any atom is -0.435 e. The molecular weight excluding hydrogens is 318 g/mol. The van der Waals surface area contributed by atoms with Crippen molar-refractivity contribution < 1.29 is 9.21 Å². The predicted molar refractivity (Wildman–Crippen MR) is 91.5 cm³/mol. The van der Waals surface area contributed by atoms with E-state index in [1.807, 2.05) is 47.5 Å². The Kier molecular flexibility index (Phi) is 3.99. The average molecular weight is 339 g/mol. The molecule has 1 saturated heterocycles. The molecule has 1 aliphatic heterocycles. The number of carbonyl (C=O) groups excluding carboxylic acids is 1. The van der Waals surface area contributed by atoms with Crippen LogP contribution in [-0.4, -0.2) is 43.5 Å². The van der Waals surface area contributed by atoms with Crippen LogP contribution in [0, 0.1) is 6.92 Å². The van der Waals surface area contributed by atoms with E-state index in [0.29, 0.717) is 30.3 Å². The van der Waals surface area contributed by atoms with Gasteiger partial charge in [0.25, 0.3) is 5.91 Å². The first kappa shape index (κ1) is 15.8. The Morgan fingerprint density at radius 3 is 3.04 bits per heavy atom. The lowest BCUT2D eigenvalue weighted by Gasteiger charge is -2.31. The second-order valence-electron chi connectivity index (χ2n) is 6.45. The van der Waals surface area contributed by atoms with Crippen LogP contribution in [0.3, 0.4) is 0 Å². The van der Waals surface area contributed by atoms with Gasteiger partial charge in [-0.3, -0.25) is 9.20 Å². The molecule has 1 fully saturated rings. The van der Waals surface area contributed by atoms with E-state index in [0.717, 1.165) is 30.9 Å². The van der Waals surface area contributed by atoms with Crippen LogP contribution in [0.5, 0.6) is 0 Å². The maximum absolute atomic E-state index is 12.9. The summed E-state index contributed by atoms with van der Waals surface area (Å²) in [4.78, 5) is 19.0. The molecule has 7 nitrogen and oxygen atoms in total. The SMILES string of the molecule is CCc1nc(C)c(C(=O)N2CCCC(c3nnc4ccccn34)C2)o1. The maximum atomic E-state index is 12.9. The van der Waals surface area contributed by atoms with Gasteiger partial charge in [-0.25, -0.2) is 4.98 Å². The zero-order valence-corrected chi connectivity index (χ0v) is 14.5. The number of fused-ring (bicyclic) bond motifs is 1. The summed E-state index contributed by atoms with van der Waals surface area (Å²) in [5.74, 6) is 1.98. The topological polar surface area (TPSA) is 76.5 Å². The molecule has 0 saturated carbocycles. The lowest BCUT2D eigenvalue weighted by atomic mass is 9.97. The highest BCUT2D eigenvalue weighted by Crippen LogP contribution is 2.27. The fourth-order valence-corrected chi connectivity index (χ4v) is 3.46. The number of hydrogen-bond acceptors (Lipinski definition) is 5. The van der Waals surface area contributed by atoms with Gasteiger partial charge in [-0.05, 0) is 31.9 Å². The number of carbonyl (C=O) groups is 1. The maximum Gasteiger partial charge on any atom is 0.291 e. The molecule has 3 aromatic heterocycles. The lowest BCUT2D eigenvalue weighted by molar-refractivity contribution is 0.0669. The number of likely N-dealkylation sites (tertiary alicyclic amines) is 1. The van der Waals surface area contributed by atoms with E-state index in [1.54, 1.807) is 0 Å². The molecule has 1 unspecified atom stereocenters. The van der Waals surface area contributed by atoms with Crippen LogP contribution in [0.1, 0.15) is 53.6 Å². The van der Waals surface area contributed by atoms with E-state index in [1.165, 1.54) is 0 Å². The normalized spacial score (nSPS) is 18.0. The fourth-order valence-electron chi connectivity index (χ4n) is 3.46. The van der Waals surface area contributed by atoms with Crippen molar-refractivity contribution in [2.75, 3.05) is 13.1 Å². The number of hydrogen-bond donors (Lipinski definition) is 0. The van der Waals surface area contributed by atoms with Gasteiger partial charge in [0.05, 0.1) is 5.69 Å². The Morgan fingerprint density at radius 1 is 1.36 bits per heavy atom. The monoisotopic (exact) mass is 339 g/mol. The third-order valence-electron chi connectivity index (χ3n) is 4.75. The molecule has 4 rings (SSSR count). The van der Waals surface area contributed by atoms with Crippen LogP contribution in [0.15, 0.2) is 28.8 Å². The van der Waals surface area contributed by atoms with Gasteiger partial charge in [-0.15, -0.1) is 10.2 Å². The number of nitrogens with zero attached hydrogens (tertiary/aromatic N) is 5. The van der Waals surface area contributed by atoms with E-state index >= 15 is 0 Å². The Bertz CT molecular complexity index is 913. The van der Waals surface area contributed by atoms with Crippen molar-refractivity contribution in [2.45, 2.75) is 39.0 Å². The van der Waals surface area contributed by atoms with Crippen molar-refractivity contribution in [3.63, 3.8) is 0 Å². The molecular formula is C18H21N5O2. The number of piperidine rings is 1. The molecule has 0 N–H and O–H groups in total. The molecule has 0 bridgehead atoms. The largest absolute Gasteiger partial charge is 0.435 e. The summed E-state index contributed by atoms with van der Waals surface area (Å²) in [6.45, 7) is 5.14. The first-order chi connectivity index (χ1) is 12.2. The summed E-state index contributed by atoms with van der Waals surface area (Å²) in [6, 6.07) is 5.85. The number of amides is 1. The molecule has 1 amide bonds. The van der Waals surface area contributed by atoms with Crippen LogP contribution in [0.4, 0.5) is 0 Å². The Balaban J connectivity index is 1.58. The molecule has 25 heavy (non-hydrogen) atoms. The highest BCUT2D eigenvalue weighted by atomic mass is 16.4. The zero-order chi connectivity index (χ0) is 17.4. The summed E-state index contributed by atoms with van der Waals surface area (Å²) in [6.07, 6.45) is 4.59. The molecule has 130 valence electrons. The quantitative estimate of drug-likeness (QED) is 0.733. The van der Waals surface area contributed by atoms with Gasteiger partial charge in [0.15, 0.2) is 11.5 Å². The Hall–Kier alpha value is -2.70. The van der Waals surface area contributed by atoms with E-state index in [-0.39, 0.29) is 11.8 Å². The molecule has 0 radical (unpaired) electrons. The van der Waals surface area contributed by atoms with E-state index in [4.69, 9.17) is 4.42 Å². The Labute approximate surface area is 145 Å². The first-order valence-corrected chi connectivity index (χ1v) is 8.72. The first-order valence-electron chi connectivity index (χ1n) is 8.72. The van der Waals surface area contributed by atoms with Crippen LogP contribution in [0.25, 0.3) is 5.65 Å². The third kappa shape index (κ3) is 2.79. The highest BCUT2D eigenvalue weighted by molar-refractivity contribution is 5.92. The van der Waals surface area contributed by atoms with Crippen molar-refractivity contribution in [1.82, 2.24) is 24.5 Å². The van der Waals surface area contributed by atoms with E-state index in [2.05, 4.69) is 15.2 Å². The van der Waals surface area contributed by atoms with E-state index in [9.17, 15) is 4.79 Å². The fraction of sp³-hybridized carbons (Fsp3) is 0.444. The van der Waals surface area contributed by atoms with Gasteiger partial charge < -0.3 is 9.32 Å². The minimum absolute atomic E-state index is 0.0804. The zero-order valence-electron chi connectivity index (χ0n) is 14.5. The standard InChI is InChI=1S/C18H21N5O2/c1-3-15-19-12(2)16(25-15)18(24)22-9-6-7-13(11-22)17-21-20-14-8-4-5-10-23(14)17/h4-5,8,10,13H,3,6-7,9,11H2,1-2H3. The van der Waals surface area contributed by atoms with Crippen LogP contribution in [-0.2, 0) is 6.42 Å². The van der Waals surface area contributed by atoms with Crippen molar-refractivity contribution in [3.05, 3.63) is 47.6 Å². The summed E-state index contributed by atoms with van der Waals surface area (Å²) in [7, 11) is 0. The molecule has 0 spiro atoms. The molecule has 4 heterocycles. The Morgan fingerprint density at radius 2 is 2.24 bits per heavy atom. The van der Waals surface area contributed by atoms with Gasteiger partial charge in [0.2, 0.25) is 5.76 Å². The number of aryl methyl sites for hydroxylation is 2. The summed E-state index contributed by atoms with van der Waals surface area (Å²) in [5, 5.41) is 8.59. The summed E-state index contributed by atoms with van der Waals surface area (Å²) < 4.78 is 7.65. The lowest BCUT2D eigenvalue weighted by Crippen LogP contribution is -2.39. The van der Waals surface area contributed by atoms with Gasteiger partial charge in [0.1, 0.15) is 5.82 Å². The molecule has 7 heteroatoms. The van der Waals surface area contributed by atoms with Gasteiger partial charge in [0, 0.05) is 31.6 Å². The summed E-state index contributed by atoms with van der Waals surface area (Å²) in [5.41, 5.74) is 1.50. The highest BCUT2D eigenvalue weighted by Gasteiger charge is 2.30. The van der Waals surface area contributed by atoms with E-state index < -0.39 is 0 Å². The van der Waals surface area contributed by atoms with Crippen molar-refractivity contribution >= 4 is 11.6 Å². The van der Waals surface area contributed by atoms with Gasteiger partial charge >= 0.3 is 0 Å². The van der Waals surface area contributed by atoms with Crippen LogP contribution >= 0.6 is 0 Å². The van der Waals surface area contributed by atoms with Crippen molar-refractivity contribution in [2.24, 2.45) is 0 Å². The number of oxazole rings is 1. The van der Waals surface area contributed by atoms with Crippen LogP contribution < -0.4 is 0 Å². The molecule has 0 aliphatic carbocycles. The average Bonchev–Trinajstić information content (AvgIpc) is 3.24. The second kappa shape index (κ2) is 6.31. The van der Waals surface area contributed by atoms with Crippen LogP contribution in [0.2, 0.25) is 0 Å². The summed E-state index contributed by atoms with van der Waals surface area (Å²) >= 11 is 0. The number of rotatable bonds is 3. The van der Waals surface area contributed by atoms with Gasteiger partial charge in [-0.2, -0.15) is 0 Å². The third-order valence-corrected chi connectivity index (χ3v) is 4.75. The predicted octanol–water partition coefficient (Wildman–Crippen LogP) is 2.61. The van der Waals surface area contributed by atoms with Crippen molar-refractivity contribution in [3.8, 4) is 0 Å². The second-order valence-corrected chi connectivity index (χ2v) is 6.45. The number of pyridine rings is 1. The minimum atomic E-state index is -0.0804. The number of aromatic nitrogens is 4. The van der Waals surface area contributed by atoms with Gasteiger partial charge in [-0.1, -0.05) is 13.0 Å².